The summed E-state index contributed by atoms with van der Waals surface area (Å²) in [5, 5.41) is 5.53. The van der Waals surface area contributed by atoms with Gasteiger partial charge in [0.1, 0.15) is 5.00 Å². The van der Waals surface area contributed by atoms with Gasteiger partial charge in [-0.25, -0.2) is 0 Å². The van der Waals surface area contributed by atoms with Crippen molar-refractivity contribution in [3.05, 3.63) is 48.5 Å². The zero-order valence-electron chi connectivity index (χ0n) is 9.05. The number of anilines is 3. The second-order valence-corrected chi connectivity index (χ2v) is 4.55. The van der Waals surface area contributed by atoms with Gasteiger partial charge < -0.3 is 11.1 Å². The number of hydrogen-bond acceptors (Lipinski definition) is 4. The van der Waals surface area contributed by atoms with Gasteiger partial charge in [0.15, 0.2) is 0 Å². The van der Waals surface area contributed by atoms with Crippen molar-refractivity contribution >= 4 is 38.8 Å². The number of nitrogens with zero attached hydrogens (tertiary/aromatic N) is 1. The molecule has 0 saturated carbocycles. The lowest BCUT2D eigenvalue weighted by molar-refractivity contribution is 1.61. The van der Waals surface area contributed by atoms with E-state index in [9.17, 15) is 0 Å². The van der Waals surface area contributed by atoms with Crippen LogP contribution in [-0.2, 0) is 0 Å². The van der Waals surface area contributed by atoms with Crippen molar-refractivity contribution in [2.75, 3.05) is 11.1 Å². The van der Waals surface area contributed by atoms with Crippen molar-refractivity contribution in [2.45, 2.75) is 0 Å². The van der Waals surface area contributed by atoms with E-state index in [1.807, 2.05) is 42.5 Å². The summed E-state index contributed by atoms with van der Waals surface area (Å²) in [7, 11) is 0. The van der Waals surface area contributed by atoms with Gasteiger partial charge in [0.05, 0.1) is 5.52 Å². The van der Waals surface area contributed by atoms with Gasteiger partial charge in [0.25, 0.3) is 0 Å². The molecule has 17 heavy (non-hydrogen) atoms. The van der Waals surface area contributed by atoms with Crippen LogP contribution < -0.4 is 11.1 Å². The number of hydrogen-bond donors (Lipinski definition) is 2. The smallest absolute Gasteiger partial charge is 0.121 e. The molecule has 84 valence electrons. The highest BCUT2D eigenvalue weighted by atomic mass is 32.1. The predicted octanol–water partition coefficient (Wildman–Crippen LogP) is 3.62. The molecule has 3 aromatic rings. The molecular weight excluding hydrogens is 230 g/mol. The molecule has 1 heterocycles. The van der Waals surface area contributed by atoms with Gasteiger partial charge in [-0.15, -0.1) is 0 Å². The average Bonchev–Trinajstić information content (AvgIpc) is 2.73. The fourth-order valence-electron chi connectivity index (χ4n) is 1.73. The standard InChI is InChI=1S/C13H11N3S/c14-9-4-3-5-10(8-9)15-13-11-6-1-2-7-12(11)16-17-13/h1-8,15H,14H2. The van der Waals surface area contributed by atoms with Crippen LogP contribution in [0.15, 0.2) is 48.5 Å². The van der Waals surface area contributed by atoms with Crippen LogP contribution in [-0.4, -0.2) is 4.37 Å². The van der Waals surface area contributed by atoms with Gasteiger partial charge in [0.2, 0.25) is 0 Å². The Bertz CT molecular complexity index is 660. The molecule has 0 aliphatic heterocycles. The van der Waals surface area contributed by atoms with Gasteiger partial charge >= 0.3 is 0 Å². The van der Waals surface area contributed by atoms with Gasteiger partial charge in [-0.3, -0.25) is 0 Å². The lowest BCUT2D eigenvalue weighted by Crippen LogP contribution is -1.90. The van der Waals surface area contributed by atoms with Crippen LogP contribution >= 0.6 is 11.5 Å². The summed E-state index contributed by atoms with van der Waals surface area (Å²) < 4.78 is 4.39. The van der Waals surface area contributed by atoms with Crippen molar-refractivity contribution in [3.63, 3.8) is 0 Å². The Morgan fingerprint density at radius 1 is 1.06 bits per heavy atom. The van der Waals surface area contributed by atoms with Crippen LogP contribution in [0.3, 0.4) is 0 Å². The monoisotopic (exact) mass is 241 g/mol. The Balaban J connectivity index is 2.00. The molecule has 0 fully saturated rings. The van der Waals surface area contributed by atoms with E-state index in [1.54, 1.807) is 0 Å². The van der Waals surface area contributed by atoms with Gasteiger partial charge in [-0.1, -0.05) is 18.2 Å². The third-order valence-electron chi connectivity index (χ3n) is 2.53. The molecule has 0 bridgehead atoms. The van der Waals surface area contributed by atoms with Crippen LogP contribution in [0.4, 0.5) is 16.4 Å². The summed E-state index contributed by atoms with van der Waals surface area (Å²) in [5.74, 6) is 0. The Morgan fingerprint density at radius 2 is 1.94 bits per heavy atom. The molecule has 0 aliphatic carbocycles. The molecule has 0 atom stereocenters. The molecule has 3 N–H and O–H groups in total. The van der Waals surface area contributed by atoms with E-state index in [2.05, 4.69) is 15.8 Å². The van der Waals surface area contributed by atoms with Crippen molar-refractivity contribution in [3.8, 4) is 0 Å². The second kappa shape index (κ2) is 4.07. The zero-order chi connectivity index (χ0) is 11.7. The molecule has 3 rings (SSSR count). The Hall–Kier alpha value is -2.07. The van der Waals surface area contributed by atoms with Gasteiger partial charge in [0, 0.05) is 16.8 Å². The van der Waals surface area contributed by atoms with E-state index >= 15 is 0 Å². The van der Waals surface area contributed by atoms with Gasteiger partial charge in [-0.2, -0.15) is 4.37 Å². The highest BCUT2D eigenvalue weighted by Crippen LogP contribution is 2.30. The maximum absolute atomic E-state index is 5.75. The maximum atomic E-state index is 5.75. The first-order valence-electron chi connectivity index (χ1n) is 5.30. The largest absolute Gasteiger partial charge is 0.399 e. The summed E-state index contributed by atoms with van der Waals surface area (Å²) in [4.78, 5) is 0. The van der Waals surface area contributed by atoms with Crippen molar-refractivity contribution in [2.24, 2.45) is 0 Å². The van der Waals surface area contributed by atoms with Crippen LogP contribution in [0, 0.1) is 0 Å². The number of aromatic nitrogens is 1. The predicted molar refractivity (Wildman–Crippen MR) is 73.8 cm³/mol. The Kier molecular flexibility index (Phi) is 2.42. The minimum Gasteiger partial charge on any atom is -0.399 e. The molecule has 0 saturated heterocycles. The molecule has 4 heteroatoms. The number of benzene rings is 2. The zero-order valence-corrected chi connectivity index (χ0v) is 9.87. The average molecular weight is 241 g/mol. The number of nitrogens with two attached hydrogens (primary N) is 1. The topological polar surface area (TPSA) is 50.9 Å². The van der Waals surface area contributed by atoms with E-state index in [0.717, 1.165) is 27.3 Å². The first kappa shape index (κ1) is 10.1. The van der Waals surface area contributed by atoms with Crippen LogP contribution in [0.25, 0.3) is 10.9 Å². The molecule has 0 spiro atoms. The quantitative estimate of drug-likeness (QED) is 0.674. The normalized spacial score (nSPS) is 10.6. The molecule has 0 unspecified atom stereocenters. The molecular formula is C13H11N3S. The molecule has 0 aliphatic rings. The van der Waals surface area contributed by atoms with Crippen molar-refractivity contribution < 1.29 is 0 Å². The summed E-state index contributed by atoms with van der Waals surface area (Å²) >= 11 is 1.46. The highest BCUT2D eigenvalue weighted by molar-refractivity contribution is 7.11. The fourth-order valence-corrected chi connectivity index (χ4v) is 2.51. The first-order chi connectivity index (χ1) is 8.33. The summed E-state index contributed by atoms with van der Waals surface area (Å²) in [6.07, 6.45) is 0. The summed E-state index contributed by atoms with van der Waals surface area (Å²) in [5.41, 5.74) is 8.50. The SMILES string of the molecule is Nc1cccc(Nc2snc3ccccc23)c1. The third-order valence-corrected chi connectivity index (χ3v) is 3.32. The minimum absolute atomic E-state index is 0.754. The number of nitrogen functional groups attached to an aromatic ring is 1. The van der Waals surface area contributed by atoms with E-state index in [4.69, 9.17) is 5.73 Å². The van der Waals surface area contributed by atoms with Crippen LogP contribution in [0.5, 0.6) is 0 Å². The van der Waals surface area contributed by atoms with Crippen LogP contribution in [0.2, 0.25) is 0 Å². The first-order valence-corrected chi connectivity index (χ1v) is 6.07. The fraction of sp³-hybridized carbons (Fsp3) is 0. The summed E-state index contributed by atoms with van der Waals surface area (Å²) in [6, 6.07) is 15.8. The van der Waals surface area contributed by atoms with E-state index in [1.165, 1.54) is 11.5 Å². The molecule has 3 nitrogen and oxygen atoms in total. The molecule has 2 aromatic carbocycles. The molecule has 0 radical (unpaired) electrons. The molecule has 0 amide bonds. The van der Waals surface area contributed by atoms with E-state index in [-0.39, 0.29) is 0 Å². The summed E-state index contributed by atoms with van der Waals surface area (Å²) in [6.45, 7) is 0. The second-order valence-electron chi connectivity index (χ2n) is 3.78. The van der Waals surface area contributed by atoms with Gasteiger partial charge in [-0.05, 0) is 41.9 Å². The Labute approximate surface area is 103 Å². The van der Waals surface area contributed by atoms with Crippen LogP contribution in [0.1, 0.15) is 0 Å². The lowest BCUT2D eigenvalue weighted by atomic mass is 10.2. The third kappa shape index (κ3) is 1.94. The number of fused-ring (bicyclic) bond motifs is 1. The number of nitrogens with one attached hydrogen (secondary N) is 1. The highest BCUT2D eigenvalue weighted by Gasteiger charge is 2.04. The van der Waals surface area contributed by atoms with E-state index in [0.29, 0.717) is 0 Å². The minimum atomic E-state index is 0.754. The van der Waals surface area contributed by atoms with Crippen molar-refractivity contribution in [1.29, 1.82) is 0 Å². The number of rotatable bonds is 2. The Morgan fingerprint density at radius 3 is 2.82 bits per heavy atom. The van der Waals surface area contributed by atoms with E-state index < -0.39 is 0 Å². The lowest BCUT2D eigenvalue weighted by Gasteiger charge is -2.04. The maximum Gasteiger partial charge on any atom is 0.121 e. The van der Waals surface area contributed by atoms with Crippen molar-refractivity contribution in [1.82, 2.24) is 4.37 Å². The molecule has 1 aromatic heterocycles.